The Morgan fingerprint density at radius 1 is 1.26 bits per heavy atom. The summed E-state index contributed by atoms with van der Waals surface area (Å²) in [4.78, 5) is 2.23. The number of nitrogens with zero attached hydrogens (tertiary/aromatic N) is 3. The Morgan fingerprint density at radius 3 is 2.63 bits per heavy atom. The average Bonchev–Trinajstić information content (AvgIpc) is 2.38. The van der Waals surface area contributed by atoms with Crippen molar-refractivity contribution in [2.45, 2.75) is 33.2 Å². The zero-order valence-electron chi connectivity index (χ0n) is 12.0. The summed E-state index contributed by atoms with van der Waals surface area (Å²) in [5, 5.41) is 17.8. The summed E-state index contributed by atoms with van der Waals surface area (Å²) in [6.45, 7) is 5.75. The first-order valence-corrected chi connectivity index (χ1v) is 6.56. The van der Waals surface area contributed by atoms with Gasteiger partial charge < -0.3 is 4.90 Å². The quantitative estimate of drug-likeness (QED) is 0.783. The predicted molar refractivity (Wildman–Crippen MR) is 76.1 cm³/mol. The fourth-order valence-electron chi connectivity index (χ4n) is 1.98. The van der Waals surface area contributed by atoms with Gasteiger partial charge in [-0.1, -0.05) is 12.1 Å². The van der Waals surface area contributed by atoms with Crippen LogP contribution in [0.25, 0.3) is 0 Å². The van der Waals surface area contributed by atoms with Crippen LogP contribution >= 0.6 is 0 Å². The lowest BCUT2D eigenvalue weighted by molar-refractivity contribution is 0.298. The third-order valence-electron chi connectivity index (χ3n) is 3.15. The van der Waals surface area contributed by atoms with E-state index in [1.54, 1.807) is 0 Å². The van der Waals surface area contributed by atoms with E-state index in [-0.39, 0.29) is 5.41 Å². The molecule has 0 aliphatic rings. The molecular formula is C16H21N3. The van der Waals surface area contributed by atoms with Gasteiger partial charge in [-0.25, -0.2) is 0 Å². The van der Waals surface area contributed by atoms with Crippen LogP contribution in [0.4, 0.5) is 0 Å². The lowest BCUT2D eigenvalue weighted by atomic mass is 9.90. The Labute approximate surface area is 116 Å². The molecule has 0 aliphatic carbocycles. The molecule has 1 aromatic carbocycles. The van der Waals surface area contributed by atoms with Crippen LogP contribution in [0.5, 0.6) is 0 Å². The summed E-state index contributed by atoms with van der Waals surface area (Å²) in [6, 6.07) is 12.2. The van der Waals surface area contributed by atoms with Crippen LogP contribution in [0.1, 0.15) is 37.8 Å². The number of hydrogen-bond acceptors (Lipinski definition) is 3. The molecule has 0 spiro atoms. The summed E-state index contributed by atoms with van der Waals surface area (Å²) in [5.74, 6) is 0. The van der Waals surface area contributed by atoms with E-state index in [1.807, 2.05) is 38.1 Å². The topological polar surface area (TPSA) is 50.8 Å². The first-order chi connectivity index (χ1) is 8.96. The van der Waals surface area contributed by atoms with Crippen molar-refractivity contribution in [3.8, 4) is 12.1 Å². The number of rotatable bonds is 6. The summed E-state index contributed by atoms with van der Waals surface area (Å²) in [7, 11) is 2.07. The third-order valence-corrected chi connectivity index (χ3v) is 3.15. The van der Waals surface area contributed by atoms with Crippen molar-refractivity contribution in [3.05, 3.63) is 35.4 Å². The zero-order chi connectivity index (χ0) is 14.3. The molecule has 1 aromatic rings. The Hall–Kier alpha value is -1.84. The van der Waals surface area contributed by atoms with E-state index in [0.29, 0.717) is 5.56 Å². The second-order valence-electron chi connectivity index (χ2n) is 5.65. The van der Waals surface area contributed by atoms with E-state index in [9.17, 15) is 0 Å². The molecule has 1 rings (SSSR count). The first-order valence-electron chi connectivity index (χ1n) is 6.56. The van der Waals surface area contributed by atoms with Crippen LogP contribution in [0.2, 0.25) is 0 Å². The van der Waals surface area contributed by atoms with Crippen LogP contribution in [-0.2, 0) is 6.54 Å². The standard InChI is InChI=1S/C16H21N3/c1-16(2,13-18)8-5-9-19(3)12-15-7-4-6-14(10-15)11-17/h4,6-7,10H,5,8-9,12H2,1-3H3. The maximum atomic E-state index is 8.96. The first kappa shape index (κ1) is 15.2. The van der Waals surface area contributed by atoms with Crippen LogP contribution in [0, 0.1) is 28.1 Å². The molecule has 0 aliphatic heterocycles. The molecule has 0 saturated carbocycles. The van der Waals surface area contributed by atoms with Gasteiger partial charge in [0.15, 0.2) is 0 Å². The molecule has 19 heavy (non-hydrogen) atoms. The summed E-state index contributed by atoms with van der Waals surface area (Å²) >= 11 is 0. The van der Waals surface area contributed by atoms with E-state index in [0.717, 1.165) is 31.5 Å². The molecule has 3 heteroatoms. The maximum absolute atomic E-state index is 8.96. The molecule has 100 valence electrons. The van der Waals surface area contributed by atoms with Crippen molar-refractivity contribution in [1.82, 2.24) is 4.90 Å². The van der Waals surface area contributed by atoms with Crippen molar-refractivity contribution in [2.24, 2.45) is 5.41 Å². The Kier molecular flexibility index (Phi) is 5.55. The van der Waals surface area contributed by atoms with Gasteiger partial charge in [0.1, 0.15) is 0 Å². The summed E-state index contributed by atoms with van der Waals surface area (Å²) < 4.78 is 0. The zero-order valence-corrected chi connectivity index (χ0v) is 12.0. The molecule has 0 saturated heterocycles. The van der Waals surface area contributed by atoms with Crippen molar-refractivity contribution >= 4 is 0 Å². The average molecular weight is 255 g/mol. The third kappa shape index (κ3) is 5.55. The van der Waals surface area contributed by atoms with Gasteiger partial charge >= 0.3 is 0 Å². The molecule has 0 heterocycles. The second-order valence-corrected chi connectivity index (χ2v) is 5.65. The normalized spacial score (nSPS) is 11.1. The Bertz CT molecular complexity index is 491. The van der Waals surface area contributed by atoms with Crippen LogP contribution < -0.4 is 0 Å². The fraction of sp³-hybridized carbons (Fsp3) is 0.500. The van der Waals surface area contributed by atoms with E-state index >= 15 is 0 Å². The number of benzene rings is 1. The van der Waals surface area contributed by atoms with Gasteiger partial charge in [-0.3, -0.25) is 0 Å². The molecule has 0 aromatic heterocycles. The lowest BCUT2D eigenvalue weighted by Gasteiger charge is -2.20. The van der Waals surface area contributed by atoms with Crippen molar-refractivity contribution in [2.75, 3.05) is 13.6 Å². The van der Waals surface area contributed by atoms with Crippen molar-refractivity contribution in [1.29, 1.82) is 10.5 Å². The number of hydrogen-bond donors (Lipinski definition) is 0. The SMILES string of the molecule is CN(CCCC(C)(C)C#N)Cc1cccc(C#N)c1. The van der Waals surface area contributed by atoms with E-state index in [2.05, 4.69) is 24.1 Å². The Balaban J connectivity index is 2.41. The van der Waals surface area contributed by atoms with Crippen LogP contribution in [-0.4, -0.2) is 18.5 Å². The van der Waals surface area contributed by atoms with E-state index in [1.165, 1.54) is 0 Å². The van der Waals surface area contributed by atoms with Gasteiger partial charge in [-0.15, -0.1) is 0 Å². The van der Waals surface area contributed by atoms with Crippen LogP contribution in [0.3, 0.4) is 0 Å². The summed E-state index contributed by atoms with van der Waals surface area (Å²) in [5.41, 5.74) is 1.62. The monoisotopic (exact) mass is 255 g/mol. The Morgan fingerprint density at radius 2 is 2.00 bits per heavy atom. The minimum atomic E-state index is -0.235. The highest BCUT2D eigenvalue weighted by atomic mass is 15.1. The molecule has 0 atom stereocenters. The van der Waals surface area contributed by atoms with E-state index < -0.39 is 0 Å². The molecule has 0 N–H and O–H groups in total. The van der Waals surface area contributed by atoms with Crippen LogP contribution in [0.15, 0.2) is 24.3 Å². The van der Waals surface area contributed by atoms with Gasteiger partial charge in [0.2, 0.25) is 0 Å². The summed E-state index contributed by atoms with van der Waals surface area (Å²) in [6.07, 6.45) is 1.92. The van der Waals surface area contributed by atoms with E-state index in [4.69, 9.17) is 10.5 Å². The minimum Gasteiger partial charge on any atom is -0.302 e. The van der Waals surface area contributed by atoms with Gasteiger partial charge in [-0.2, -0.15) is 10.5 Å². The largest absolute Gasteiger partial charge is 0.302 e. The highest BCUT2D eigenvalue weighted by molar-refractivity contribution is 5.32. The highest BCUT2D eigenvalue weighted by Gasteiger charge is 2.16. The van der Waals surface area contributed by atoms with Crippen molar-refractivity contribution < 1.29 is 0 Å². The second kappa shape index (κ2) is 6.92. The van der Waals surface area contributed by atoms with Crippen molar-refractivity contribution in [3.63, 3.8) is 0 Å². The molecule has 0 fully saturated rings. The van der Waals surface area contributed by atoms with Gasteiger partial charge in [0.05, 0.1) is 23.1 Å². The predicted octanol–water partition coefficient (Wildman–Crippen LogP) is 3.32. The smallest absolute Gasteiger partial charge is 0.0991 e. The van der Waals surface area contributed by atoms with Gasteiger partial charge in [0.25, 0.3) is 0 Å². The lowest BCUT2D eigenvalue weighted by Crippen LogP contribution is -2.21. The fourth-order valence-corrected chi connectivity index (χ4v) is 1.98. The molecule has 0 unspecified atom stereocenters. The minimum absolute atomic E-state index is 0.235. The molecule has 0 amide bonds. The molecular weight excluding hydrogens is 234 g/mol. The van der Waals surface area contributed by atoms with Gasteiger partial charge in [-0.05, 0) is 58.0 Å². The number of nitriles is 2. The molecule has 0 radical (unpaired) electrons. The highest BCUT2D eigenvalue weighted by Crippen LogP contribution is 2.20. The maximum Gasteiger partial charge on any atom is 0.0991 e. The molecule has 0 bridgehead atoms. The van der Waals surface area contributed by atoms with Gasteiger partial charge in [0, 0.05) is 6.54 Å². The molecule has 3 nitrogen and oxygen atoms in total.